The summed E-state index contributed by atoms with van der Waals surface area (Å²) >= 11 is 6.05. The van der Waals surface area contributed by atoms with E-state index in [9.17, 15) is 9.59 Å². The summed E-state index contributed by atoms with van der Waals surface area (Å²) in [7, 11) is 1.29. The predicted octanol–water partition coefficient (Wildman–Crippen LogP) is 2.54. The number of allylic oxidation sites excluding steroid dienone is 1. The minimum absolute atomic E-state index is 0.310. The molecule has 0 radical (unpaired) electrons. The highest BCUT2D eigenvalue weighted by Gasteiger charge is 2.33. The van der Waals surface area contributed by atoms with Crippen molar-refractivity contribution in [1.82, 2.24) is 10.6 Å². The first-order valence-corrected chi connectivity index (χ1v) is 7.14. The maximum Gasteiger partial charge on any atom is 0.337 e. The molecule has 0 unspecified atom stereocenters. The molecule has 0 aromatic heterocycles. The van der Waals surface area contributed by atoms with Crippen LogP contribution >= 0.6 is 11.6 Å². The highest BCUT2D eigenvalue weighted by atomic mass is 35.5. The van der Waals surface area contributed by atoms with Gasteiger partial charge in [0.2, 0.25) is 0 Å². The van der Waals surface area contributed by atoms with E-state index in [1.54, 1.807) is 25.1 Å². The molecule has 1 aliphatic rings. The average molecular weight is 325 g/mol. The number of benzene rings is 1. The molecule has 2 N–H and O–H groups in total. The number of nitrogens with one attached hydrogen (secondary N) is 2. The number of amides is 2. The molecule has 1 aromatic carbocycles. The van der Waals surface area contributed by atoms with Gasteiger partial charge in [-0.2, -0.15) is 0 Å². The van der Waals surface area contributed by atoms with E-state index in [0.717, 1.165) is 0 Å². The van der Waals surface area contributed by atoms with E-state index < -0.39 is 18.0 Å². The molecule has 0 saturated heterocycles. The number of halogens is 1. The summed E-state index contributed by atoms with van der Waals surface area (Å²) in [6.45, 7) is 3.94. The number of esters is 1. The van der Waals surface area contributed by atoms with Crippen LogP contribution in [-0.4, -0.2) is 25.7 Å². The first-order chi connectivity index (χ1) is 10.5. The van der Waals surface area contributed by atoms with Gasteiger partial charge < -0.3 is 20.1 Å². The van der Waals surface area contributed by atoms with Crippen LogP contribution in [0, 0.1) is 0 Å². The molecule has 0 saturated carbocycles. The van der Waals surface area contributed by atoms with Gasteiger partial charge in [0.25, 0.3) is 0 Å². The van der Waals surface area contributed by atoms with Crippen LogP contribution in [0.5, 0.6) is 5.75 Å². The van der Waals surface area contributed by atoms with E-state index >= 15 is 0 Å². The third-order valence-corrected chi connectivity index (χ3v) is 3.49. The van der Waals surface area contributed by atoms with Crippen molar-refractivity contribution < 1.29 is 19.1 Å². The lowest BCUT2D eigenvalue weighted by Crippen LogP contribution is -2.45. The van der Waals surface area contributed by atoms with Crippen molar-refractivity contribution in [2.45, 2.75) is 19.9 Å². The Balaban J connectivity index is 2.57. The number of hydrogen-bond donors (Lipinski definition) is 2. The summed E-state index contributed by atoms with van der Waals surface area (Å²) in [5, 5.41) is 5.75. The van der Waals surface area contributed by atoms with Crippen LogP contribution in [0.1, 0.15) is 25.5 Å². The molecule has 1 aromatic rings. The Morgan fingerprint density at radius 3 is 2.77 bits per heavy atom. The van der Waals surface area contributed by atoms with Crippen LogP contribution < -0.4 is 15.4 Å². The molecule has 0 bridgehead atoms. The number of rotatable bonds is 4. The van der Waals surface area contributed by atoms with Crippen LogP contribution in [0.3, 0.4) is 0 Å². The van der Waals surface area contributed by atoms with Crippen molar-refractivity contribution in [3.63, 3.8) is 0 Å². The maximum atomic E-state index is 12.1. The highest BCUT2D eigenvalue weighted by molar-refractivity contribution is 6.30. The van der Waals surface area contributed by atoms with Crippen LogP contribution in [0.15, 0.2) is 29.5 Å². The monoisotopic (exact) mass is 324 g/mol. The van der Waals surface area contributed by atoms with Gasteiger partial charge in [0.15, 0.2) is 0 Å². The molecular formula is C15H17ClN2O4. The zero-order valence-corrected chi connectivity index (χ0v) is 13.3. The second kappa shape index (κ2) is 6.70. The minimum atomic E-state index is -0.693. The van der Waals surface area contributed by atoms with E-state index in [2.05, 4.69) is 10.6 Å². The fourth-order valence-corrected chi connectivity index (χ4v) is 2.52. The second-order valence-electron chi connectivity index (χ2n) is 4.68. The van der Waals surface area contributed by atoms with Crippen LogP contribution in [0.25, 0.3) is 0 Å². The normalized spacial score (nSPS) is 17.6. The lowest BCUT2D eigenvalue weighted by atomic mass is 9.95. The van der Waals surface area contributed by atoms with Gasteiger partial charge in [0, 0.05) is 16.3 Å². The Morgan fingerprint density at radius 2 is 2.14 bits per heavy atom. The SMILES string of the molecule is CCOc1ccc(Cl)cc1[C@H]1NC(=O)NC(C)=C1C(=O)OC. The molecule has 0 fully saturated rings. The van der Waals surface area contributed by atoms with Crippen molar-refractivity contribution in [2.24, 2.45) is 0 Å². The first kappa shape index (κ1) is 16.2. The first-order valence-electron chi connectivity index (χ1n) is 6.76. The van der Waals surface area contributed by atoms with Gasteiger partial charge in [-0.15, -0.1) is 0 Å². The average Bonchev–Trinajstić information content (AvgIpc) is 2.47. The van der Waals surface area contributed by atoms with Crippen molar-refractivity contribution in [2.75, 3.05) is 13.7 Å². The van der Waals surface area contributed by atoms with E-state index in [-0.39, 0.29) is 0 Å². The zero-order chi connectivity index (χ0) is 16.3. The molecular weight excluding hydrogens is 308 g/mol. The number of methoxy groups -OCH3 is 1. The van der Waals surface area contributed by atoms with Gasteiger partial charge in [0.05, 0.1) is 25.3 Å². The van der Waals surface area contributed by atoms with Crippen molar-refractivity contribution in [3.05, 3.63) is 40.1 Å². The molecule has 118 valence electrons. The maximum absolute atomic E-state index is 12.1. The summed E-state index contributed by atoms with van der Waals surface area (Å²) in [4.78, 5) is 23.9. The molecule has 2 amide bonds. The van der Waals surface area contributed by atoms with Gasteiger partial charge in [-0.05, 0) is 32.0 Å². The Kier molecular flexibility index (Phi) is 4.92. The van der Waals surface area contributed by atoms with Gasteiger partial charge in [-0.3, -0.25) is 0 Å². The molecule has 0 aliphatic carbocycles. The third-order valence-electron chi connectivity index (χ3n) is 3.26. The smallest absolute Gasteiger partial charge is 0.337 e. The van der Waals surface area contributed by atoms with Crippen molar-refractivity contribution in [1.29, 1.82) is 0 Å². The number of ether oxygens (including phenoxy) is 2. The van der Waals surface area contributed by atoms with Crippen molar-refractivity contribution in [3.8, 4) is 5.75 Å². The number of carbonyl (C=O) groups is 2. The Bertz CT molecular complexity index is 642. The van der Waals surface area contributed by atoms with Crippen molar-refractivity contribution >= 4 is 23.6 Å². The third kappa shape index (κ3) is 3.17. The van der Waals surface area contributed by atoms with E-state index in [1.165, 1.54) is 7.11 Å². The second-order valence-corrected chi connectivity index (χ2v) is 5.11. The standard InChI is InChI=1S/C15H17ClN2O4/c1-4-22-11-6-5-9(16)7-10(11)13-12(14(19)21-3)8(2)17-15(20)18-13/h5-7,13H,4H2,1-3H3,(H2,17,18,20)/t13-/m1/s1. The fraction of sp³-hybridized carbons (Fsp3) is 0.333. The molecule has 1 aliphatic heterocycles. The summed E-state index contributed by atoms with van der Waals surface area (Å²) in [6, 6.07) is 3.96. The molecule has 22 heavy (non-hydrogen) atoms. The van der Waals surface area contributed by atoms with Gasteiger partial charge in [-0.1, -0.05) is 11.6 Å². The lowest BCUT2D eigenvalue weighted by molar-refractivity contribution is -0.136. The van der Waals surface area contributed by atoms with Gasteiger partial charge in [0.1, 0.15) is 5.75 Å². The lowest BCUT2D eigenvalue weighted by Gasteiger charge is -2.29. The van der Waals surface area contributed by atoms with E-state index in [1.807, 2.05) is 6.92 Å². The Hall–Kier alpha value is -2.21. The summed E-state index contributed by atoms with van der Waals surface area (Å²) in [5.41, 5.74) is 1.34. The Labute approximate surface area is 133 Å². The summed E-state index contributed by atoms with van der Waals surface area (Å²) in [5.74, 6) is 0.0192. The minimum Gasteiger partial charge on any atom is -0.494 e. The molecule has 6 nitrogen and oxygen atoms in total. The quantitative estimate of drug-likeness (QED) is 0.834. The van der Waals surface area contributed by atoms with Gasteiger partial charge >= 0.3 is 12.0 Å². The molecule has 7 heteroatoms. The van der Waals surface area contributed by atoms with Crippen LogP contribution in [0.2, 0.25) is 5.02 Å². The van der Waals surface area contributed by atoms with Crippen LogP contribution in [0.4, 0.5) is 4.79 Å². The number of urea groups is 1. The molecule has 2 rings (SSSR count). The predicted molar refractivity (Wildman–Crippen MR) is 81.7 cm³/mol. The molecule has 1 heterocycles. The van der Waals surface area contributed by atoms with E-state index in [0.29, 0.717) is 34.2 Å². The summed E-state index contributed by atoms with van der Waals surface area (Å²) in [6.07, 6.45) is 0. The topological polar surface area (TPSA) is 76.7 Å². The summed E-state index contributed by atoms with van der Waals surface area (Å²) < 4.78 is 10.4. The highest BCUT2D eigenvalue weighted by Crippen LogP contribution is 2.35. The molecule has 1 atom stereocenters. The Morgan fingerprint density at radius 1 is 1.41 bits per heavy atom. The largest absolute Gasteiger partial charge is 0.494 e. The van der Waals surface area contributed by atoms with E-state index in [4.69, 9.17) is 21.1 Å². The van der Waals surface area contributed by atoms with Gasteiger partial charge in [-0.25, -0.2) is 9.59 Å². The fourth-order valence-electron chi connectivity index (χ4n) is 2.34. The zero-order valence-electron chi connectivity index (χ0n) is 12.5. The number of hydrogen-bond acceptors (Lipinski definition) is 4. The van der Waals surface area contributed by atoms with Crippen LogP contribution in [-0.2, 0) is 9.53 Å². The number of carbonyl (C=O) groups excluding carboxylic acids is 2. The molecule has 0 spiro atoms.